The van der Waals surface area contributed by atoms with Gasteiger partial charge in [0.2, 0.25) is 5.91 Å². The Morgan fingerprint density at radius 2 is 2.44 bits per heavy atom. The zero-order valence-electron chi connectivity index (χ0n) is 10.1. The Morgan fingerprint density at radius 1 is 1.67 bits per heavy atom. The second-order valence-corrected chi connectivity index (χ2v) is 4.87. The summed E-state index contributed by atoms with van der Waals surface area (Å²) in [6.07, 6.45) is 3.45. The summed E-state index contributed by atoms with van der Waals surface area (Å²) < 4.78 is 2.54. The van der Waals surface area contributed by atoms with Crippen molar-refractivity contribution >= 4 is 21.8 Å². The van der Waals surface area contributed by atoms with Gasteiger partial charge in [-0.3, -0.25) is 14.6 Å². The number of carbonyl (C=O) groups is 1. The Labute approximate surface area is 113 Å². The smallest absolute Gasteiger partial charge is 0.244 e. The molecule has 2 aromatic heterocycles. The molecule has 0 aliphatic heterocycles. The second-order valence-electron chi connectivity index (χ2n) is 4.02. The van der Waals surface area contributed by atoms with Gasteiger partial charge in [0.1, 0.15) is 6.04 Å². The van der Waals surface area contributed by atoms with Crippen molar-refractivity contribution in [2.75, 3.05) is 0 Å². The number of halogens is 1. The topological polar surface area (TPSA) is 75.6 Å². The molecule has 0 aliphatic carbocycles. The molecule has 0 aliphatic rings. The summed E-state index contributed by atoms with van der Waals surface area (Å²) in [6, 6.07) is 1.47. The van der Waals surface area contributed by atoms with Gasteiger partial charge in [-0.05, 0) is 35.8 Å². The average molecular weight is 312 g/mol. The summed E-state index contributed by atoms with van der Waals surface area (Å²) in [5.74, 6) is -0.0837. The molecule has 0 saturated heterocycles. The van der Waals surface area contributed by atoms with Crippen molar-refractivity contribution in [3.8, 4) is 0 Å². The van der Waals surface area contributed by atoms with E-state index in [1.807, 2.05) is 13.0 Å². The lowest BCUT2D eigenvalue weighted by Crippen LogP contribution is -2.31. The Morgan fingerprint density at radius 3 is 3.00 bits per heavy atom. The fourth-order valence-corrected chi connectivity index (χ4v) is 1.78. The number of carbonyl (C=O) groups excluding carboxylic acids is 1. The molecule has 2 aromatic rings. The third-order valence-electron chi connectivity index (χ3n) is 2.64. The van der Waals surface area contributed by atoms with Crippen molar-refractivity contribution in [1.82, 2.24) is 25.3 Å². The van der Waals surface area contributed by atoms with Crippen LogP contribution < -0.4 is 5.32 Å². The minimum Gasteiger partial charge on any atom is -0.349 e. The Balaban J connectivity index is 1.96. The van der Waals surface area contributed by atoms with Crippen LogP contribution >= 0.6 is 15.9 Å². The van der Waals surface area contributed by atoms with E-state index >= 15 is 0 Å². The standard InChI is InChI=1S/C11H14BrN5O/c1-7-10(12)6-17(16-7)8(2)11(18)13-5-9-3-4-14-15-9/h3-4,6,8H,5H2,1-2H3,(H,13,18)(H,14,15)/t8-/m0/s1. The number of amides is 1. The highest BCUT2D eigenvalue weighted by Gasteiger charge is 2.16. The molecule has 0 aromatic carbocycles. The van der Waals surface area contributed by atoms with Crippen LogP contribution in [0, 0.1) is 6.92 Å². The highest BCUT2D eigenvalue weighted by Crippen LogP contribution is 2.16. The van der Waals surface area contributed by atoms with Gasteiger partial charge < -0.3 is 5.32 Å². The first-order valence-corrected chi connectivity index (χ1v) is 6.34. The third-order valence-corrected chi connectivity index (χ3v) is 3.42. The van der Waals surface area contributed by atoms with Gasteiger partial charge in [-0.2, -0.15) is 10.2 Å². The normalized spacial score (nSPS) is 12.4. The lowest BCUT2D eigenvalue weighted by molar-refractivity contribution is -0.124. The largest absolute Gasteiger partial charge is 0.349 e. The molecule has 0 unspecified atom stereocenters. The summed E-state index contributed by atoms with van der Waals surface area (Å²) in [7, 11) is 0. The number of nitrogens with one attached hydrogen (secondary N) is 2. The number of aromatic amines is 1. The fraction of sp³-hybridized carbons (Fsp3) is 0.364. The molecule has 18 heavy (non-hydrogen) atoms. The predicted octanol–water partition coefficient (Wildman–Crippen LogP) is 1.55. The van der Waals surface area contributed by atoms with Gasteiger partial charge in [-0.25, -0.2) is 0 Å². The van der Waals surface area contributed by atoms with E-state index in [-0.39, 0.29) is 11.9 Å². The molecule has 7 heteroatoms. The van der Waals surface area contributed by atoms with Gasteiger partial charge in [-0.1, -0.05) is 0 Å². The van der Waals surface area contributed by atoms with Crippen molar-refractivity contribution in [1.29, 1.82) is 0 Å². The van der Waals surface area contributed by atoms with Crippen molar-refractivity contribution in [3.63, 3.8) is 0 Å². The molecular weight excluding hydrogens is 298 g/mol. The van der Waals surface area contributed by atoms with E-state index in [2.05, 4.69) is 36.5 Å². The SMILES string of the molecule is Cc1nn([C@@H](C)C(=O)NCc2ccn[nH]2)cc1Br. The molecule has 2 rings (SSSR count). The fourth-order valence-electron chi connectivity index (χ4n) is 1.49. The first-order valence-electron chi connectivity index (χ1n) is 5.55. The van der Waals surface area contributed by atoms with Crippen LogP contribution in [0.2, 0.25) is 0 Å². The van der Waals surface area contributed by atoms with Crippen LogP contribution in [0.25, 0.3) is 0 Å². The summed E-state index contributed by atoms with van der Waals surface area (Å²) >= 11 is 3.38. The number of hydrogen-bond acceptors (Lipinski definition) is 3. The maximum atomic E-state index is 11.9. The number of aryl methyl sites for hydroxylation is 1. The molecule has 0 saturated carbocycles. The van der Waals surface area contributed by atoms with Gasteiger partial charge in [0.05, 0.1) is 22.4 Å². The molecular formula is C11H14BrN5O. The van der Waals surface area contributed by atoms with Crippen molar-refractivity contribution < 1.29 is 4.79 Å². The molecule has 6 nitrogen and oxygen atoms in total. The second kappa shape index (κ2) is 5.34. The lowest BCUT2D eigenvalue weighted by atomic mass is 10.3. The zero-order chi connectivity index (χ0) is 13.1. The number of H-pyrrole nitrogens is 1. The van der Waals surface area contributed by atoms with Crippen LogP contribution in [0.15, 0.2) is 22.9 Å². The van der Waals surface area contributed by atoms with Crippen LogP contribution in [-0.4, -0.2) is 25.9 Å². The Hall–Kier alpha value is -1.63. The first kappa shape index (κ1) is 12.8. The van der Waals surface area contributed by atoms with Gasteiger partial charge >= 0.3 is 0 Å². The highest BCUT2D eigenvalue weighted by molar-refractivity contribution is 9.10. The number of rotatable bonds is 4. The number of nitrogens with zero attached hydrogens (tertiary/aromatic N) is 3. The van der Waals surface area contributed by atoms with Crippen molar-refractivity contribution in [2.24, 2.45) is 0 Å². The summed E-state index contributed by atoms with van der Waals surface area (Å²) in [4.78, 5) is 11.9. The Bertz CT molecular complexity index is 514. The summed E-state index contributed by atoms with van der Waals surface area (Å²) in [6.45, 7) is 4.13. The van der Waals surface area contributed by atoms with Crippen LogP contribution in [0.5, 0.6) is 0 Å². The molecule has 2 N–H and O–H groups in total. The molecule has 1 amide bonds. The minimum absolute atomic E-state index is 0.0837. The van der Waals surface area contributed by atoms with E-state index in [1.54, 1.807) is 24.0 Å². The number of hydrogen-bond donors (Lipinski definition) is 2. The van der Waals surface area contributed by atoms with E-state index < -0.39 is 0 Å². The zero-order valence-corrected chi connectivity index (χ0v) is 11.7. The molecule has 0 radical (unpaired) electrons. The Kier molecular flexibility index (Phi) is 3.81. The van der Waals surface area contributed by atoms with Gasteiger partial charge in [0, 0.05) is 12.4 Å². The van der Waals surface area contributed by atoms with Gasteiger partial charge in [-0.15, -0.1) is 0 Å². The highest BCUT2D eigenvalue weighted by atomic mass is 79.9. The monoisotopic (exact) mass is 311 g/mol. The van der Waals surface area contributed by atoms with Crippen LogP contribution in [-0.2, 0) is 11.3 Å². The van der Waals surface area contributed by atoms with E-state index in [9.17, 15) is 4.79 Å². The predicted molar refractivity (Wildman–Crippen MR) is 69.8 cm³/mol. The van der Waals surface area contributed by atoms with Crippen molar-refractivity contribution in [2.45, 2.75) is 26.4 Å². The van der Waals surface area contributed by atoms with E-state index in [4.69, 9.17) is 0 Å². The van der Waals surface area contributed by atoms with E-state index in [0.29, 0.717) is 6.54 Å². The lowest BCUT2D eigenvalue weighted by Gasteiger charge is -2.11. The van der Waals surface area contributed by atoms with Crippen molar-refractivity contribution in [3.05, 3.63) is 34.3 Å². The third kappa shape index (κ3) is 2.79. The van der Waals surface area contributed by atoms with E-state index in [1.165, 1.54) is 0 Å². The molecule has 0 spiro atoms. The molecule has 96 valence electrons. The minimum atomic E-state index is -0.349. The summed E-state index contributed by atoms with van der Waals surface area (Å²) in [5.41, 5.74) is 1.73. The average Bonchev–Trinajstić information content (AvgIpc) is 2.96. The molecule has 1 atom stereocenters. The molecule has 2 heterocycles. The molecule has 0 fully saturated rings. The van der Waals surface area contributed by atoms with Crippen LogP contribution in [0.4, 0.5) is 0 Å². The quantitative estimate of drug-likeness (QED) is 0.899. The summed E-state index contributed by atoms with van der Waals surface area (Å²) in [5, 5.41) is 13.7. The molecule has 0 bridgehead atoms. The van der Waals surface area contributed by atoms with Crippen LogP contribution in [0.1, 0.15) is 24.4 Å². The van der Waals surface area contributed by atoms with Gasteiger partial charge in [0.25, 0.3) is 0 Å². The van der Waals surface area contributed by atoms with Gasteiger partial charge in [0.15, 0.2) is 0 Å². The number of aromatic nitrogens is 4. The maximum Gasteiger partial charge on any atom is 0.244 e. The van der Waals surface area contributed by atoms with Crippen LogP contribution in [0.3, 0.4) is 0 Å². The first-order chi connectivity index (χ1) is 8.58. The maximum absolute atomic E-state index is 11.9. The van der Waals surface area contributed by atoms with E-state index in [0.717, 1.165) is 15.9 Å².